The van der Waals surface area contributed by atoms with E-state index in [0.29, 0.717) is 0 Å². The van der Waals surface area contributed by atoms with Gasteiger partial charge >= 0.3 is 0 Å². The monoisotopic (exact) mass is 433 g/mol. The molecule has 0 N–H and O–H groups in total. The minimum Gasteiger partial charge on any atom is -0.455 e. The third kappa shape index (κ3) is 3.05. The van der Waals surface area contributed by atoms with Crippen molar-refractivity contribution in [1.82, 2.24) is 4.58 Å². The van der Waals surface area contributed by atoms with Crippen molar-refractivity contribution in [3.8, 4) is 11.5 Å². The number of ether oxygens (including phenoxy) is 1. The zero-order chi connectivity index (χ0) is 21.8. The van der Waals surface area contributed by atoms with E-state index in [9.17, 15) is 0 Å². The highest BCUT2D eigenvalue weighted by Gasteiger charge is 2.32. The predicted molar refractivity (Wildman–Crippen MR) is 123 cm³/mol. The molecule has 0 saturated heterocycles. The SMILES string of the molecule is C1=c2cc3c4c(c2Oc2c1cc1c5c2CCCN5CCC1)CCC[N+]=4CCC3.O=[N+]([O-])[O-]. The van der Waals surface area contributed by atoms with Crippen LogP contribution in [0.2, 0.25) is 0 Å². The Labute approximate surface area is 186 Å². The van der Waals surface area contributed by atoms with E-state index in [-0.39, 0.29) is 0 Å². The Morgan fingerprint density at radius 1 is 0.875 bits per heavy atom. The van der Waals surface area contributed by atoms with E-state index in [4.69, 9.17) is 20.1 Å². The van der Waals surface area contributed by atoms with E-state index >= 15 is 0 Å². The first-order valence-corrected chi connectivity index (χ1v) is 11.8. The average molecular weight is 434 g/mol. The molecular weight excluding hydrogens is 406 g/mol. The number of anilines is 1. The fraction of sp³-hybridized carbons (Fsp3) is 0.480. The second-order valence-electron chi connectivity index (χ2n) is 9.42. The zero-order valence-corrected chi connectivity index (χ0v) is 18.2. The van der Waals surface area contributed by atoms with Crippen molar-refractivity contribution in [1.29, 1.82) is 0 Å². The van der Waals surface area contributed by atoms with Crippen LogP contribution >= 0.6 is 0 Å². The van der Waals surface area contributed by atoms with E-state index in [1.165, 1.54) is 109 Å². The molecule has 0 unspecified atom stereocenters. The maximum Gasteiger partial charge on any atom is 0.210 e. The Balaban J connectivity index is 0.000000455. The molecule has 0 saturated carbocycles. The summed E-state index contributed by atoms with van der Waals surface area (Å²) in [5, 5.41) is 17.6. The number of hydrogen-bond donors (Lipinski definition) is 0. The number of aryl methyl sites for hydroxylation is 2. The van der Waals surface area contributed by atoms with Crippen LogP contribution in [0.15, 0.2) is 12.1 Å². The Kier molecular flexibility index (Phi) is 4.59. The molecule has 0 spiro atoms. The van der Waals surface area contributed by atoms with Gasteiger partial charge in [-0.15, -0.1) is 0 Å². The molecule has 0 fully saturated rings. The number of rotatable bonds is 0. The van der Waals surface area contributed by atoms with Gasteiger partial charge in [0.25, 0.3) is 0 Å². The van der Waals surface area contributed by atoms with Gasteiger partial charge in [0.15, 0.2) is 0 Å². The second kappa shape index (κ2) is 7.50. The smallest absolute Gasteiger partial charge is 0.210 e. The normalized spacial score (nSPS) is 19.1. The van der Waals surface area contributed by atoms with Crippen molar-refractivity contribution in [2.75, 3.05) is 31.1 Å². The van der Waals surface area contributed by atoms with Crippen molar-refractivity contribution in [3.05, 3.63) is 65.8 Å². The van der Waals surface area contributed by atoms with Gasteiger partial charge in [0.1, 0.15) is 24.6 Å². The molecule has 166 valence electrons. The van der Waals surface area contributed by atoms with Crippen LogP contribution in [0, 0.1) is 15.3 Å². The van der Waals surface area contributed by atoms with Crippen molar-refractivity contribution < 1.29 is 9.82 Å². The van der Waals surface area contributed by atoms with Crippen LogP contribution in [0.4, 0.5) is 5.69 Å². The summed E-state index contributed by atoms with van der Waals surface area (Å²) in [6, 6.07) is 4.87. The van der Waals surface area contributed by atoms with Gasteiger partial charge in [-0.25, -0.2) is 4.58 Å². The van der Waals surface area contributed by atoms with Gasteiger partial charge < -0.3 is 25.0 Å². The Bertz CT molecular complexity index is 1260. The molecule has 2 aromatic rings. The van der Waals surface area contributed by atoms with Crippen molar-refractivity contribution in [3.63, 3.8) is 0 Å². The lowest BCUT2D eigenvalue weighted by atomic mass is 9.87. The third-order valence-electron chi connectivity index (χ3n) is 7.52. The first-order valence-electron chi connectivity index (χ1n) is 11.8. The number of hydrogen-bond acceptors (Lipinski definition) is 5. The molecule has 5 heterocycles. The predicted octanol–water partition coefficient (Wildman–Crippen LogP) is 2.46. The highest BCUT2D eigenvalue weighted by atomic mass is 16.9. The van der Waals surface area contributed by atoms with Gasteiger partial charge in [-0.3, -0.25) is 0 Å². The molecule has 7 nitrogen and oxygen atoms in total. The Morgan fingerprint density at radius 3 is 2.38 bits per heavy atom. The Hall–Kier alpha value is -3.09. The summed E-state index contributed by atoms with van der Waals surface area (Å²) in [5.41, 5.74) is 8.90. The fourth-order valence-electron chi connectivity index (χ4n) is 6.44. The standard InChI is InChI=1S/C25H27N2O.NO3/c1-5-16-13-18-15-19-14-17-6-2-10-27-12-4-8-21(23(17)27)25(19)28-24(18)20-7-3-11-26(9-1)22(16)20;2-1(3)4/h13-15H,1-12H2;/q+1;-1. The molecule has 5 aliphatic rings. The van der Waals surface area contributed by atoms with Gasteiger partial charge in [0.05, 0.1) is 10.7 Å². The lowest BCUT2D eigenvalue weighted by Gasteiger charge is -2.38. The molecule has 2 aromatic carbocycles. The summed E-state index contributed by atoms with van der Waals surface area (Å²) in [7, 11) is 0. The van der Waals surface area contributed by atoms with E-state index in [1.54, 1.807) is 11.1 Å². The largest absolute Gasteiger partial charge is 0.455 e. The highest BCUT2D eigenvalue weighted by molar-refractivity contribution is 5.76. The second-order valence-corrected chi connectivity index (χ2v) is 9.42. The minimum absolute atomic E-state index is 1.16. The van der Waals surface area contributed by atoms with Crippen LogP contribution in [0.3, 0.4) is 0 Å². The quantitative estimate of drug-likeness (QED) is 0.309. The minimum atomic E-state index is -1.75. The number of fused-ring (bicyclic) bond motifs is 4. The Morgan fingerprint density at radius 2 is 1.56 bits per heavy atom. The zero-order valence-electron chi connectivity index (χ0n) is 18.2. The van der Waals surface area contributed by atoms with Gasteiger partial charge in [0.2, 0.25) is 5.36 Å². The van der Waals surface area contributed by atoms with Crippen LogP contribution < -0.4 is 24.8 Å². The molecule has 32 heavy (non-hydrogen) atoms. The molecule has 7 heteroatoms. The van der Waals surface area contributed by atoms with E-state index in [1.807, 2.05) is 0 Å². The van der Waals surface area contributed by atoms with Crippen LogP contribution in [-0.4, -0.2) is 31.3 Å². The molecule has 0 aliphatic carbocycles. The van der Waals surface area contributed by atoms with Gasteiger partial charge in [-0.05, 0) is 62.3 Å². The van der Waals surface area contributed by atoms with Crippen LogP contribution in [0.1, 0.15) is 53.5 Å². The molecule has 0 atom stereocenters. The van der Waals surface area contributed by atoms with Gasteiger partial charge in [-0.1, -0.05) is 0 Å². The van der Waals surface area contributed by atoms with Crippen LogP contribution in [0.25, 0.3) is 6.08 Å². The summed E-state index contributed by atoms with van der Waals surface area (Å²) in [4.78, 5) is 10.9. The highest BCUT2D eigenvalue weighted by Crippen LogP contribution is 2.45. The molecular formula is C25H27N3O4. The summed E-state index contributed by atoms with van der Waals surface area (Å²) >= 11 is 0. The van der Waals surface area contributed by atoms with Crippen molar-refractivity contribution in [2.24, 2.45) is 0 Å². The van der Waals surface area contributed by atoms with Crippen LogP contribution in [0.5, 0.6) is 11.5 Å². The average Bonchev–Trinajstić information content (AvgIpc) is 2.79. The first kappa shape index (κ1) is 19.6. The molecule has 5 aliphatic heterocycles. The molecule has 0 bridgehead atoms. The maximum absolute atomic E-state index is 8.25. The summed E-state index contributed by atoms with van der Waals surface area (Å²) in [6.07, 6.45) is 12.3. The first-order chi connectivity index (χ1) is 15.6. The van der Waals surface area contributed by atoms with Crippen molar-refractivity contribution in [2.45, 2.75) is 51.4 Å². The van der Waals surface area contributed by atoms with Crippen molar-refractivity contribution >= 4 is 11.8 Å². The molecule has 0 radical (unpaired) electrons. The van der Waals surface area contributed by atoms with Gasteiger partial charge in [-0.2, -0.15) is 0 Å². The topological polar surface area (TPSA) is 81.7 Å². The lowest BCUT2D eigenvalue weighted by molar-refractivity contribution is -0.402. The van der Waals surface area contributed by atoms with Gasteiger partial charge in [0, 0.05) is 53.5 Å². The molecule has 7 rings (SSSR count). The summed E-state index contributed by atoms with van der Waals surface area (Å²) < 4.78 is 9.45. The maximum atomic E-state index is 8.25. The lowest BCUT2D eigenvalue weighted by Crippen LogP contribution is -2.45. The van der Waals surface area contributed by atoms with Crippen LogP contribution in [-0.2, 0) is 25.7 Å². The van der Waals surface area contributed by atoms with E-state index < -0.39 is 5.09 Å². The van der Waals surface area contributed by atoms with E-state index in [2.05, 4.69) is 27.7 Å². The van der Waals surface area contributed by atoms with E-state index in [0.717, 1.165) is 12.8 Å². The molecule has 0 aromatic heterocycles. The number of nitrogens with zero attached hydrogens (tertiary/aromatic N) is 3. The fourth-order valence-corrected chi connectivity index (χ4v) is 6.44. The number of benzene rings is 2. The molecule has 0 amide bonds. The summed E-state index contributed by atoms with van der Waals surface area (Å²) in [5.74, 6) is 2.34. The summed E-state index contributed by atoms with van der Waals surface area (Å²) in [6.45, 7) is 4.86. The third-order valence-corrected chi connectivity index (χ3v) is 7.52.